The molecular formula is C11H15N3O2S. The third-order valence-corrected chi connectivity index (χ3v) is 4.81. The summed E-state index contributed by atoms with van der Waals surface area (Å²) in [6.45, 7) is 1.79. The van der Waals surface area contributed by atoms with Gasteiger partial charge in [0.15, 0.2) is 0 Å². The molecule has 1 aromatic carbocycles. The molecule has 1 aromatic rings. The van der Waals surface area contributed by atoms with Crippen LogP contribution in [0.15, 0.2) is 29.3 Å². The lowest BCUT2D eigenvalue weighted by molar-refractivity contribution is 0.485. The minimum absolute atomic E-state index is 0.0452. The van der Waals surface area contributed by atoms with Gasteiger partial charge < -0.3 is 5.73 Å². The second kappa shape index (κ2) is 3.73. The molecule has 0 aromatic heterocycles. The summed E-state index contributed by atoms with van der Waals surface area (Å²) >= 11 is 0. The highest BCUT2D eigenvalue weighted by molar-refractivity contribution is 7.89. The fourth-order valence-electron chi connectivity index (χ4n) is 1.81. The van der Waals surface area contributed by atoms with Crippen molar-refractivity contribution in [2.45, 2.75) is 12.5 Å². The number of hydrogen-bond acceptors (Lipinski definition) is 4. The number of benzene rings is 1. The Kier molecular flexibility index (Phi) is 2.61. The standard InChI is InChI=1S/C11H15N3O2S/c1-11(9-4-3-5-10(12)6-9)7-17(15,16)14(2)8-13-11/h3-6,8H,7,12H2,1-2H3. The number of nitrogen functional groups attached to an aromatic ring is 1. The van der Waals surface area contributed by atoms with Crippen LogP contribution in [-0.4, -0.2) is 31.9 Å². The van der Waals surface area contributed by atoms with Gasteiger partial charge in [0.05, 0.1) is 12.1 Å². The Morgan fingerprint density at radius 2 is 2.18 bits per heavy atom. The summed E-state index contributed by atoms with van der Waals surface area (Å²) in [5.74, 6) is -0.0452. The first-order valence-electron chi connectivity index (χ1n) is 5.21. The van der Waals surface area contributed by atoms with Crippen LogP contribution in [0.5, 0.6) is 0 Å². The topological polar surface area (TPSA) is 75.8 Å². The predicted octanol–water partition coefficient (Wildman–Crippen LogP) is 0.787. The summed E-state index contributed by atoms with van der Waals surface area (Å²) in [6.07, 6.45) is 1.35. The van der Waals surface area contributed by atoms with Crippen molar-refractivity contribution in [3.05, 3.63) is 29.8 Å². The smallest absolute Gasteiger partial charge is 0.238 e. The Bertz CT molecular complexity index is 568. The van der Waals surface area contributed by atoms with E-state index in [0.717, 1.165) is 9.87 Å². The molecule has 1 aliphatic rings. The first-order chi connectivity index (χ1) is 7.83. The van der Waals surface area contributed by atoms with Crippen molar-refractivity contribution in [1.29, 1.82) is 0 Å². The number of hydrogen-bond donors (Lipinski definition) is 1. The quantitative estimate of drug-likeness (QED) is 0.752. The molecule has 1 unspecified atom stereocenters. The van der Waals surface area contributed by atoms with Crippen molar-refractivity contribution in [3.8, 4) is 0 Å². The van der Waals surface area contributed by atoms with Crippen LogP contribution < -0.4 is 5.73 Å². The van der Waals surface area contributed by atoms with Gasteiger partial charge in [-0.15, -0.1) is 0 Å². The molecular weight excluding hydrogens is 238 g/mol. The van der Waals surface area contributed by atoms with Gasteiger partial charge in [-0.2, -0.15) is 0 Å². The minimum Gasteiger partial charge on any atom is -0.399 e. The second-order valence-electron chi connectivity index (χ2n) is 4.42. The van der Waals surface area contributed by atoms with Crippen molar-refractivity contribution < 1.29 is 8.42 Å². The monoisotopic (exact) mass is 253 g/mol. The fourth-order valence-corrected chi connectivity index (χ4v) is 3.15. The van der Waals surface area contributed by atoms with Gasteiger partial charge in [-0.05, 0) is 24.6 Å². The summed E-state index contributed by atoms with van der Waals surface area (Å²) in [7, 11) is -1.80. The third kappa shape index (κ3) is 2.12. The Morgan fingerprint density at radius 1 is 1.47 bits per heavy atom. The first kappa shape index (κ1) is 11.9. The van der Waals surface area contributed by atoms with Gasteiger partial charge in [0.2, 0.25) is 10.0 Å². The Balaban J connectivity index is 2.49. The van der Waals surface area contributed by atoms with E-state index in [2.05, 4.69) is 4.99 Å². The van der Waals surface area contributed by atoms with Crippen LogP contribution in [0.1, 0.15) is 12.5 Å². The number of aliphatic imine (C=N–C) groups is 1. The molecule has 0 spiro atoms. The Labute approximate surface area is 101 Å². The van der Waals surface area contributed by atoms with E-state index in [9.17, 15) is 8.42 Å². The van der Waals surface area contributed by atoms with Crippen LogP contribution in [0, 0.1) is 0 Å². The molecule has 5 nitrogen and oxygen atoms in total. The summed E-state index contributed by atoms with van der Waals surface area (Å²) in [6, 6.07) is 7.17. The van der Waals surface area contributed by atoms with E-state index >= 15 is 0 Å². The molecule has 6 heteroatoms. The molecule has 2 rings (SSSR count). The lowest BCUT2D eigenvalue weighted by Crippen LogP contribution is -2.42. The van der Waals surface area contributed by atoms with E-state index in [4.69, 9.17) is 5.73 Å². The normalized spacial score (nSPS) is 27.1. The molecule has 92 valence electrons. The largest absolute Gasteiger partial charge is 0.399 e. The maximum absolute atomic E-state index is 11.9. The lowest BCUT2D eigenvalue weighted by atomic mass is 9.94. The number of anilines is 1. The molecule has 0 aliphatic carbocycles. The van der Waals surface area contributed by atoms with E-state index < -0.39 is 15.6 Å². The molecule has 17 heavy (non-hydrogen) atoms. The highest BCUT2D eigenvalue weighted by Gasteiger charge is 2.37. The molecule has 0 saturated carbocycles. The van der Waals surface area contributed by atoms with E-state index in [1.165, 1.54) is 13.4 Å². The van der Waals surface area contributed by atoms with Crippen molar-refractivity contribution in [2.75, 3.05) is 18.5 Å². The maximum atomic E-state index is 11.9. The number of nitrogens with zero attached hydrogens (tertiary/aromatic N) is 2. The molecule has 1 aliphatic heterocycles. The van der Waals surface area contributed by atoms with Gasteiger partial charge in [0, 0.05) is 12.7 Å². The third-order valence-electron chi connectivity index (χ3n) is 2.92. The molecule has 0 radical (unpaired) electrons. The number of sulfonamides is 1. The lowest BCUT2D eigenvalue weighted by Gasteiger charge is -2.32. The van der Waals surface area contributed by atoms with Crippen LogP contribution in [-0.2, 0) is 15.6 Å². The van der Waals surface area contributed by atoms with Crippen molar-refractivity contribution in [1.82, 2.24) is 4.31 Å². The average Bonchev–Trinajstić information content (AvgIpc) is 2.24. The van der Waals surface area contributed by atoms with Gasteiger partial charge in [-0.3, -0.25) is 9.30 Å². The summed E-state index contributed by atoms with van der Waals surface area (Å²) < 4.78 is 24.9. The van der Waals surface area contributed by atoms with Gasteiger partial charge in [0.25, 0.3) is 0 Å². The highest BCUT2D eigenvalue weighted by atomic mass is 32.2. The van der Waals surface area contributed by atoms with E-state index in [1.807, 2.05) is 6.07 Å². The second-order valence-corrected chi connectivity index (χ2v) is 6.44. The molecule has 0 fully saturated rings. The van der Waals surface area contributed by atoms with E-state index in [-0.39, 0.29) is 5.75 Å². The van der Waals surface area contributed by atoms with Crippen LogP contribution in [0.2, 0.25) is 0 Å². The maximum Gasteiger partial charge on any atom is 0.238 e. The van der Waals surface area contributed by atoms with Gasteiger partial charge >= 0.3 is 0 Å². The summed E-state index contributed by atoms with van der Waals surface area (Å²) in [5, 5.41) is 0. The molecule has 1 heterocycles. The zero-order valence-electron chi connectivity index (χ0n) is 9.79. The summed E-state index contributed by atoms with van der Waals surface area (Å²) in [5.41, 5.74) is 6.36. The highest BCUT2D eigenvalue weighted by Crippen LogP contribution is 2.31. The van der Waals surface area contributed by atoms with Crippen molar-refractivity contribution in [3.63, 3.8) is 0 Å². The number of rotatable bonds is 1. The van der Waals surface area contributed by atoms with Gasteiger partial charge in [-0.1, -0.05) is 12.1 Å². The zero-order valence-corrected chi connectivity index (χ0v) is 10.6. The minimum atomic E-state index is -3.29. The van der Waals surface area contributed by atoms with Crippen molar-refractivity contribution >= 4 is 22.0 Å². The van der Waals surface area contributed by atoms with E-state index in [0.29, 0.717) is 5.69 Å². The zero-order chi connectivity index (χ0) is 12.7. The SMILES string of the molecule is CN1C=NC(C)(c2cccc(N)c2)CS1(=O)=O. The van der Waals surface area contributed by atoms with Crippen LogP contribution in [0.25, 0.3) is 0 Å². The van der Waals surface area contributed by atoms with Crippen LogP contribution >= 0.6 is 0 Å². The molecule has 0 bridgehead atoms. The summed E-state index contributed by atoms with van der Waals surface area (Å²) in [4.78, 5) is 4.32. The fraction of sp³-hybridized carbons (Fsp3) is 0.364. The molecule has 2 N–H and O–H groups in total. The van der Waals surface area contributed by atoms with Gasteiger partial charge in [0.1, 0.15) is 5.54 Å². The first-order valence-corrected chi connectivity index (χ1v) is 6.81. The molecule has 0 amide bonds. The number of nitrogens with two attached hydrogens (primary N) is 1. The average molecular weight is 253 g/mol. The molecule has 1 atom stereocenters. The predicted molar refractivity (Wildman–Crippen MR) is 68.2 cm³/mol. The molecule has 0 saturated heterocycles. The Morgan fingerprint density at radius 3 is 2.76 bits per heavy atom. The van der Waals surface area contributed by atoms with Crippen LogP contribution in [0.4, 0.5) is 5.69 Å². The van der Waals surface area contributed by atoms with E-state index in [1.54, 1.807) is 25.1 Å². The van der Waals surface area contributed by atoms with Crippen molar-refractivity contribution in [2.24, 2.45) is 4.99 Å². The van der Waals surface area contributed by atoms with Crippen LogP contribution in [0.3, 0.4) is 0 Å². The van der Waals surface area contributed by atoms with Gasteiger partial charge in [-0.25, -0.2) is 8.42 Å². The Hall–Kier alpha value is -1.56.